The van der Waals surface area contributed by atoms with Crippen LogP contribution in [0.1, 0.15) is 144 Å². The largest absolute Gasteiger partial charge is 0.462 e. The van der Waals surface area contributed by atoms with E-state index < -0.39 is 0 Å². The fraction of sp³-hybridized carbons (Fsp3) is 0.912. The van der Waals surface area contributed by atoms with E-state index in [4.69, 9.17) is 4.74 Å². The second-order valence-corrected chi connectivity index (χ2v) is 14.5. The number of carbonyl (C=O) groups is 1. The highest BCUT2D eigenvalue weighted by Gasteiger charge is 2.59. The summed E-state index contributed by atoms with van der Waals surface area (Å²) in [4.78, 5) is 12.4. The van der Waals surface area contributed by atoms with Crippen molar-refractivity contribution in [1.82, 2.24) is 0 Å². The molecule has 4 rings (SSSR count). The van der Waals surface area contributed by atoms with Gasteiger partial charge in [-0.1, -0.05) is 91.7 Å². The third-order valence-electron chi connectivity index (χ3n) is 11.8. The lowest BCUT2D eigenvalue weighted by Gasteiger charge is -2.58. The molecule has 4 aliphatic rings. The number of ether oxygens (including phenoxy) is 1. The lowest BCUT2D eigenvalue weighted by atomic mass is 9.47. The summed E-state index contributed by atoms with van der Waals surface area (Å²) >= 11 is 0. The second-order valence-electron chi connectivity index (χ2n) is 14.5. The zero-order valence-corrected chi connectivity index (χ0v) is 24.7. The van der Waals surface area contributed by atoms with Crippen molar-refractivity contribution in [2.75, 3.05) is 0 Å². The normalized spacial score (nSPS) is 38.6. The Kier molecular flexibility index (Phi) is 9.36. The first kappa shape index (κ1) is 28.2. The molecule has 0 aromatic rings. The van der Waals surface area contributed by atoms with Gasteiger partial charge in [0.2, 0.25) is 0 Å². The molecule has 0 radical (unpaired) electrons. The molecule has 3 saturated carbocycles. The van der Waals surface area contributed by atoms with Crippen LogP contribution in [-0.2, 0) is 9.53 Å². The van der Waals surface area contributed by atoms with Crippen molar-refractivity contribution in [3.05, 3.63) is 11.6 Å². The van der Waals surface area contributed by atoms with Crippen LogP contribution in [0.3, 0.4) is 0 Å². The predicted octanol–water partition coefficient (Wildman–Crippen LogP) is 9.91. The Morgan fingerprint density at radius 1 is 0.972 bits per heavy atom. The number of hydrogen-bond acceptors (Lipinski definition) is 2. The fourth-order valence-corrected chi connectivity index (χ4v) is 9.69. The summed E-state index contributed by atoms with van der Waals surface area (Å²) in [6.07, 6.45) is 22.5. The monoisotopic (exact) mass is 498 g/mol. The molecule has 206 valence electrons. The highest BCUT2D eigenvalue weighted by molar-refractivity contribution is 5.69. The van der Waals surface area contributed by atoms with Gasteiger partial charge in [0, 0.05) is 12.8 Å². The fourth-order valence-electron chi connectivity index (χ4n) is 9.69. The van der Waals surface area contributed by atoms with Gasteiger partial charge in [0.1, 0.15) is 6.10 Å². The van der Waals surface area contributed by atoms with Gasteiger partial charge >= 0.3 is 5.97 Å². The third kappa shape index (κ3) is 5.78. The Hall–Kier alpha value is -0.790. The maximum atomic E-state index is 12.4. The van der Waals surface area contributed by atoms with Crippen LogP contribution in [0.2, 0.25) is 0 Å². The summed E-state index contributed by atoms with van der Waals surface area (Å²) in [5, 5.41) is 0. The molecule has 0 heterocycles. The topological polar surface area (TPSA) is 26.3 Å². The van der Waals surface area contributed by atoms with Gasteiger partial charge in [-0.15, -0.1) is 0 Å². The van der Waals surface area contributed by atoms with Crippen LogP contribution in [0, 0.1) is 46.3 Å². The van der Waals surface area contributed by atoms with Crippen LogP contribution in [0.4, 0.5) is 0 Å². The molecule has 0 aromatic carbocycles. The van der Waals surface area contributed by atoms with Crippen LogP contribution < -0.4 is 0 Å². The molecule has 0 spiro atoms. The minimum absolute atomic E-state index is 0.0435. The molecule has 36 heavy (non-hydrogen) atoms. The zero-order valence-electron chi connectivity index (χ0n) is 24.7. The maximum Gasteiger partial charge on any atom is 0.306 e. The van der Waals surface area contributed by atoms with Crippen LogP contribution in [-0.4, -0.2) is 12.1 Å². The number of esters is 1. The average molecular weight is 499 g/mol. The van der Waals surface area contributed by atoms with E-state index >= 15 is 0 Å². The summed E-state index contributed by atoms with van der Waals surface area (Å²) in [5.74, 6) is 5.34. The van der Waals surface area contributed by atoms with E-state index in [1.807, 2.05) is 0 Å². The van der Waals surface area contributed by atoms with Gasteiger partial charge in [-0.25, -0.2) is 0 Å². The van der Waals surface area contributed by atoms with Crippen LogP contribution in [0.15, 0.2) is 11.6 Å². The van der Waals surface area contributed by atoms with E-state index in [1.54, 1.807) is 5.57 Å². The summed E-state index contributed by atoms with van der Waals surface area (Å²) in [5.41, 5.74) is 2.54. The maximum absolute atomic E-state index is 12.4. The lowest BCUT2D eigenvalue weighted by molar-refractivity contribution is -0.151. The molecular weight excluding hydrogens is 440 g/mol. The van der Waals surface area contributed by atoms with Crippen LogP contribution in [0.25, 0.3) is 0 Å². The van der Waals surface area contributed by atoms with Gasteiger partial charge < -0.3 is 4.74 Å². The van der Waals surface area contributed by atoms with Crippen molar-refractivity contribution >= 4 is 5.97 Å². The predicted molar refractivity (Wildman–Crippen MR) is 152 cm³/mol. The zero-order chi connectivity index (χ0) is 25.9. The van der Waals surface area contributed by atoms with Crippen LogP contribution >= 0.6 is 0 Å². The molecule has 2 heteroatoms. The average Bonchev–Trinajstić information content (AvgIpc) is 3.19. The van der Waals surface area contributed by atoms with Crippen molar-refractivity contribution in [3.63, 3.8) is 0 Å². The Bertz CT molecular complexity index is 767. The second kappa shape index (κ2) is 11.9. The first-order valence-corrected chi connectivity index (χ1v) is 16.1. The molecule has 0 saturated heterocycles. The highest BCUT2D eigenvalue weighted by atomic mass is 16.5. The number of carbonyl (C=O) groups excluding carboxylic acids is 1. The van der Waals surface area contributed by atoms with Gasteiger partial charge in [0.15, 0.2) is 0 Å². The van der Waals surface area contributed by atoms with E-state index in [0.29, 0.717) is 17.3 Å². The molecule has 0 unspecified atom stereocenters. The number of unbranched alkanes of at least 4 members (excludes halogenated alkanes) is 3. The number of rotatable bonds is 11. The van der Waals surface area contributed by atoms with Gasteiger partial charge in [-0.05, 0) is 97.7 Å². The van der Waals surface area contributed by atoms with Crippen LogP contribution in [0.5, 0.6) is 0 Å². The summed E-state index contributed by atoms with van der Waals surface area (Å²) in [7, 11) is 0. The van der Waals surface area contributed by atoms with Gasteiger partial charge in [-0.2, -0.15) is 0 Å². The molecule has 0 amide bonds. The van der Waals surface area contributed by atoms with E-state index in [-0.39, 0.29) is 12.1 Å². The smallest absolute Gasteiger partial charge is 0.306 e. The van der Waals surface area contributed by atoms with Gasteiger partial charge in [0.05, 0.1) is 0 Å². The van der Waals surface area contributed by atoms with E-state index in [9.17, 15) is 4.79 Å². The van der Waals surface area contributed by atoms with Crippen molar-refractivity contribution in [1.29, 1.82) is 0 Å². The van der Waals surface area contributed by atoms with Crippen molar-refractivity contribution < 1.29 is 9.53 Å². The standard InChI is InChI=1S/C34H58O2/c1-7-8-9-10-14-32(35)36-27-19-21-33(5)26(23-27)15-16-28-30-18-17-29(25(4)13-11-12-24(2)3)34(30,6)22-20-31(28)33/h15,24-25,27-31H,7-14,16-23H2,1-6H3/t25-,27+,28-,29+,30-,31-,33+,34+/m1/s1. The molecule has 0 bridgehead atoms. The molecule has 0 aliphatic heterocycles. The summed E-state index contributed by atoms with van der Waals surface area (Å²) in [6, 6.07) is 0. The highest BCUT2D eigenvalue weighted by Crippen LogP contribution is 2.67. The Morgan fingerprint density at radius 2 is 1.78 bits per heavy atom. The van der Waals surface area contributed by atoms with E-state index in [2.05, 4.69) is 47.6 Å². The molecule has 8 atom stereocenters. The molecule has 4 aliphatic carbocycles. The summed E-state index contributed by atoms with van der Waals surface area (Å²) < 4.78 is 5.99. The number of allylic oxidation sites excluding steroid dienone is 1. The Balaban J connectivity index is 1.36. The lowest BCUT2D eigenvalue weighted by Crippen LogP contribution is -2.51. The number of hydrogen-bond donors (Lipinski definition) is 0. The quantitative estimate of drug-likeness (QED) is 0.161. The molecule has 0 N–H and O–H groups in total. The van der Waals surface area contributed by atoms with Crippen molar-refractivity contribution in [3.8, 4) is 0 Å². The Morgan fingerprint density at radius 3 is 2.53 bits per heavy atom. The first-order chi connectivity index (χ1) is 17.2. The molecule has 0 aromatic heterocycles. The van der Waals surface area contributed by atoms with Gasteiger partial charge in [-0.3, -0.25) is 4.79 Å². The van der Waals surface area contributed by atoms with Crippen molar-refractivity contribution in [2.24, 2.45) is 46.3 Å². The van der Waals surface area contributed by atoms with Gasteiger partial charge in [0.25, 0.3) is 0 Å². The SMILES string of the molecule is CCCCCCC(=O)O[C@H]1CC[C@@]2(C)C(=CC[C@@H]3[C@H]4CC[C@@H]([C@H](C)CCCC(C)C)[C@]4(C)CC[C@H]32)C1. The minimum Gasteiger partial charge on any atom is -0.462 e. The molecule has 2 nitrogen and oxygen atoms in total. The van der Waals surface area contributed by atoms with E-state index in [0.717, 1.165) is 61.2 Å². The number of fused-ring (bicyclic) bond motifs is 5. The molecular formula is C34H58O2. The molecule has 3 fully saturated rings. The first-order valence-electron chi connectivity index (χ1n) is 16.1. The summed E-state index contributed by atoms with van der Waals surface area (Å²) in [6.45, 7) is 14.8. The van der Waals surface area contributed by atoms with Crippen molar-refractivity contribution in [2.45, 2.75) is 150 Å². The van der Waals surface area contributed by atoms with E-state index in [1.165, 1.54) is 70.6 Å². The third-order valence-corrected chi connectivity index (χ3v) is 11.8. The minimum atomic E-state index is 0.0435. The Labute approximate surface area is 223 Å².